The molecule has 0 spiro atoms. The van der Waals surface area contributed by atoms with Gasteiger partial charge in [0.05, 0.1) is 0 Å². The highest BCUT2D eigenvalue weighted by molar-refractivity contribution is 5.98. The Balaban J connectivity index is 2.33. The quantitative estimate of drug-likeness (QED) is 0.560. The number of hydrogen-bond donors (Lipinski definition) is 0. The van der Waals surface area contributed by atoms with E-state index in [4.69, 9.17) is 0 Å². The van der Waals surface area contributed by atoms with Gasteiger partial charge < -0.3 is 0 Å². The molecule has 1 aliphatic rings. The lowest BCUT2D eigenvalue weighted by atomic mass is 9.93. The van der Waals surface area contributed by atoms with Gasteiger partial charge in [-0.05, 0) is 30.5 Å². The molecule has 0 saturated carbocycles. The second-order valence-electron chi connectivity index (χ2n) is 5.15. The molecule has 0 saturated heterocycles. The van der Waals surface area contributed by atoms with Crippen LogP contribution < -0.4 is 0 Å². The van der Waals surface area contributed by atoms with Crippen LogP contribution in [-0.2, 0) is 0 Å². The molecule has 0 N–H and O–H groups in total. The van der Waals surface area contributed by atoms with Crippen molar-refractivity contribution in [3.63, 3.8) is 0 Å². The van der Waals surface area contributed by atoms with E-state index in [1.54, 1.807) is 6.08 Å². The van der Waals surface area contributed by atoms with Gasteiger partial charge in [-0.3, -0.25) is 0 Å². The Morgan fingerprint density at radius 2 is 2.00 bits per heavy atom. The first-order valence-electron chi connectivity index (χ1n) is 6.97. The Morgan fingerprint density at radius 3 is 2.65 bits per heavy atom. The minimum atomic E-state index is 1.04. The number of nitrogens with zero attached hydrogens (tertiary/aromatic N) is 1. The van der Waals surface area contributed by atoms with Gasteiger partial charge in [0.15, 0.2) is 11.9 Å². The summed E-state index contributed by atoms with van der Waals surface area (Å²) >= 11 is 0. The minimum Gasteiger partial charge on any atom is -0.204 e. The van der Waals surface area contributed by atoms with Crippen LogP contribution in [0, 0.1) is 6.92 Å². The minimum absolute atomic E-state index is 1.04. The summed E-state index contributed by atoms with van der Waals surface area (Å²) in [5, 5.41) is 0. The van der Waals surface area contributed by atoms with Crippen LogP contribution in [0.5, 0.6) is 0 Å². The molecule has 0 aliphatic carbocycles. The van der Waals surface area contributed by atoms with Gasteiger partial charge in [0.1, 0.15) is 7.05 Å². The molecule has 1 nitrogen and oxygen atoms in total. The Bertz CT molecular complexity index is 627. The van der Waals surface area contributed by atoms with Gasteiger partial charge in [0, 0.05) is 17.6 Å². The molecule has 1 aromatic rings. The number of benzene rings is 1. The van der Waals surface area contributed by atoms with Crippen LogP contribution in [0.4, 0.5) is 0 Å². The van der Waals surface area contributed by atoms with Gasteiger partial charge in [-0.2, -0.15) is 0 Å². The summed E-state index contributed by atoms with van der Waals surface area (Å²) in [7, 11) is 2.12. The molecule has 1 aromatic carbocycles. The third-order valence-corrected chi connectivity index (χ3v) is 3.71. The summed E-state index contributed by atoms with van der Waals surface area (Å²) in [4.78, 5) is 0. The third kappa shape index (κ3) is 3.05. The lowest BCUT2D eigenvalue weighted by molar-refractivity contribution is -0.425. The van der Waals surface area contributed by atoms with Crippen molar-refractivity contribution >= 4 is 5.71 Å². The van der Waals surface area contributed by atoms with Crippen LogP contribution in [0.15, 0.2) is 73.0 Å². The maximum absolute atomic E-state index is 4.13. The van der Waals surface area contributed by atoms with Crippen molar-refractivity contribution in [1.82, 2.24) is 0 Å². The third-order valence-electron chi connectivity index (χ3n) is 3.71. The Morgan fingerprint density at radius 1 is 1.25 bits per heavy atom. The van der Waals surface area contributed by atoms with Gasteiger partial charge >= 0.3 is 0 Å². The second kappa shape index (κ2) is 6.33. The van der Waals surface area contributed by atoms with E-state index in [0.717, 1.165) is 18.4 Å². The zero-order valence-electron chi connectivity index (χ0n) is 12.4. The first-order chi connectivity index (χ1) is 9.63. The largest absolute Gasteiger partial charge is 0.204 e. The van der Waals surface area contributed by atoms with Crippen molar-refractivity contribution in [3.05, 3.63) is 84.1 Å². The van der Waals surface area contributed by atoms with E-state index < -0.39 is 0 Å². The highest BCUT2D eigenvalue weighted by Gasteiger charge is 2.21. The smallest absolute Gasteiger partial charge is 0.188 e. The number of allylic oxidation sites excluding steroid dienone is 5. The molecule has 20 heavy (non-hydrogen) atoms. The zero-order chi connectivity index (χ0) is 14.5. The number of rotatable bonds is 4. The molecule has 1 heterocycles. The molecule has 0 unspecified atom stereocenters. The Kier molecular flexibility index (Phi) is 4.52. The highest BCUT2D eigenvalue weighted by Crippen LogP contribution is 2.23. The van der Waals surface area contributed by atoms with Crippen LogP contribution in [0.25, 0.3) is 0 Å². The van der Waals surface area contributed by atoms with Gasteiger partial charge in [0.2, 0.25) is 0 Å². The summed E-state index contributed by atoms with van der Waals surface area (Å²) in [6, 6.07) is 8.56. The van der Waals surface area contributed by atoms with E-state index in [2.05, 4.69) is 62.2 Å². The predicted octanol–water partition coefficient (Wildman–Crippen LogP) is 4.40. The van der Waals surface area contributed by atoms with Crippen molar-refractivity contribution in [1.29, 1.82) is 0 Å². The maximum atomic E-state index is 4.13. The fourth-order valence-electron chi connectivity index (χ4n) is 2.56. The van der Waals surface area contributed by atoms with Crippen LogP contribution in [0.2, 0.25) is 0 Å². The molecule has 0 fully saturated rings. The molecule has 102 valence electrons. The lowest BCUT2D eigenvalue weighted by Gasteiger charge is -2.14. The lowest BCUT2D eigenvalue weighted by Crippen LogP contribution is -2.20. The fraction of sp³-hybridized carbons (Fsp3) is 0.211. The summed E-state index contributed by atoms with van der Waals surface area (Å²) in [5.74, 6) is 0. The topological polar surface area (TPSA) is 3.01 Å². The summed E-state index contributed by atoms with van der Waals surface area (Å²) in [6.45, 7) is 9.99. The normalized spacial score (nSPS) is 15.4. The number of aryl methyl sites for hydroxylation is 1. The molecule has 1 aliphatic heterocycles. The predicted molar refractivity (Wildman–Crippen MR) is 87.3 cm³/mol. The van der Waals surface area contributed by atoms with Crippen molar-refractivity contribution < 1.29 is 4.58 Å². The second-order valence-corrected chi connectivity index (χ2v) is 5.15. The van der Waals surface area contributed by atoms with E-state index in [1.165, 1.54) is 22.4 Å². The average Bonchev–Trinajstić information content (AvgIpc) is 2.45. The first-order valence-corrected chi connectivity index (χ1v) is 6.97. The van der Waals surface area contributed by atoms with Crippen LogP contribution in [0.1, 0.15) is 24.0 Å². The average molecular weight is 264 g/mol. The van der Waals surface area contributed by atoms with Crippen molar-refractivity contribution in [2.45, 2.75) is 19.8 Å². The van der Waals surface area contributed by atoms with E-state index in [9.17, 15) is 0 Å². The van der Waals surface area contributed by atoms with Crippen molar-refractivity contribution in [2.75, 3.05) is 7.05 Å². The maximum Gasteiger partial charge on any atom is 0.188 e. The summed E-state index contributed by atoms with van der Waals surface area (Å²) < 4.78 is 2.23. The molecular weight excluding hydrogens is 242 g/mol. The monoisotopic (exact) mass is 264 g/mol. The van der Waals surface area contributed by atoms with Gasteiger partial charge in [-0.1, -0.05) is 49.6 Å². The molecule has 0 aromatic heterocycles. The first kappa shape index (κ1) is 14.3. The summed E-state index contributed by atoms with van der Waals surface area (Å²) in [5.41, 5.74) is 6.42. The van der Waals surface area contributed by atoms with Crippen LogP contribution in [-0.4, -0.2) is 17.3 Å². The highest BCUT2D eigenvalue weighted by atomic mass is 15.0. The Labute approximate surface area is 122 Å². The molecule has 0 bridgehead atoms. The van der Waals surface area contributed by atoms with Gasteiger partial charge in [-0.15, -0.1) is 0 Å². The van der Waals surface area contributed by atoms with Crippen molar-refractivity contribution in [3.8, 4) is 0 Å². The van der Waals surface area contributed by atoms with Crippen LogP contribution >= 0.6 is 0 Å². The molecule has 0 amide bonds. The molecular formula is C19H22N+. The Hall–Kier alpha value is -2.15. The molecule has 2 rings (SSSR count). The molecule has 1 heteroatoms. The van der Waals surface area contributed by atoms with Gasteiger partial charge in [-0.25, -0.2) is 4.58 Å². The zero-order valence-corrected chi connectivity index (χ0v) is 12.4. The van der Waals surface area contributed by atoms with E-state index in [-0.39, 0.29) is 0 Å². The standard InChI is InChI=1S/C19H22N/c1-5-6-9-15(2)17-12-13-19(20(4)14-17)18-11-8-7-10-16(18)3/h5-11,14H,1-2,12-13H2,3-4H3/q+1/b9-6-. The molecule has 0 atom stereocenters. The van der Waals surface area contributed by atoms with Crippen LogP contribution in [0.3, 0.4) is 0 Å². The van der Waals surface area contributed by atoms with Crippen molar-refractivity contribution in [2.24, 2.45) is 0 Å². The fourth-order valence-corrected chi connectivity index (χ4v) is 2.56. The summed E-state index contributed by atoms with van der Waals surface area (Å²) in [6.07, 6.45) is 10.0. The SMILES string of the molecule is C=C/C=C\C(=C)C1=C[N+](C)=C(c2ccccc2C)CC1. The van der Waals surface area contributed by atoms with E-state index in [0.29, 0.717) is 0 Å². The van der Waals surface area contributed by atoms with E-state index in [1.807, 2.05) is 12.2 Å². The molecule has 0 radical (unpaired) electrons. The van der Waals surface area contributed by atoms with Gasteiger partial charge in [0.25, 0.3) is 0 Å². The van der Waals surface area contributed by atoms with E-state index >= 15 is 0 Å². The number of hydrogen-bond acceptors (Lipinski definition) is 0.